The predicted molar refractivity (Wildman–Crippen MR) is 134 cm³/mol. The fourth-order valence-electron chi connectivity index (χ4n) is 4.03. The van der Waals surface area contributed by atoms with Gasteiger partial charge in [0, 0.05) is 11.8 Å². The van der Waals surface area contributed by atoms with Crippen LogP contribution in [-0.2, 0) is 9.53 Å². The Bertz CT molecular complexity index is 1330. The van der Waals surface area contributed by atoms with E-state index in [0.717, 1.165) is 0 Å². The number of benzene rings is 2. The number of aryl methyl sites for hydroxylation is 1. The third-order valence-electron chi connectivity index (χ3n) is 5.60. The Labute approximate surface area is 207 Å². The molecular weight excluding hydrogens is 468 g/mol. The molecule has 35 heavy (non-hydrogen) atoms. The van der Waals surface area contributed by atoms with E-state index in [9.17, 15) is 9.59 Å². The van der Waals surface area contributed by atoms with Crippen molar-refractivity contribution in [3.05, 3.63) is 82.8 Å². The van der Waals surface area contributed by atoms with Crippen molar-refractivity contribution in [3.63, 3.8) is 0 Å². The van der Waals surface area contributed by atoms with Crippen molar-refractivity contribution in [2.45, 2.75) is 19.9 Å². The first-order valence-electron chi connectivity index (χ1n) is 10.7. The van der Waals surface area contributed by atoms with Crippen LogP contribution in [0.15, 0.2) is 70.4 Å². The predicted octanol–water partition coefficient (Wildman–Crippen LogP) is 4.13. The van der Waals surface area contributed by atoms with Gasteiger partial charge in [-0.1, -0.05) is 35.5 Å². The van der Waals surface area contributed by atoms with E-state index in [4.69, 9.17) is 26.2 Å². The van der Waals surface area contributed by atoms with Crippen molar-refractivity contribution in [3.8, 4) is 5.75 Å². The molecule has 1 aromatic heterocycles. The number of esters is 1. The van der Waals surface area contributed by atoms with Gasteiger partial charge in [0.2, 0.25) is 0 Å². The van der Waals surface area contributed by atoms with Gasteiger partial charge in [-0.15, -0.1) is 0 Å². The summed E-state index contributed by atoms with van der Waals surface area (Å²) in [6, 6.07) is 15.1. The van der Waals surface area contributed by atoms with Gasteiger partial charge >= 0.3 is 5.97 Å². The molecule has 1 amide bonds. The first-order chi connectivity index (χ1) is 16.8. The first kappa shape index (κ1) is 24.0. The lowest BCUT2D eigenvalue weighted by Crippen LogP contribution is -2.49. The number of para-hydroxylation sites is 2. The maximum atomic E-state index is 13.7. The molecule has 180 valence electrons. The largest absolute Gasteiger partial charge is 0.495 e. The Morgan fingerprint density at radius 2 is 1.83 bits per heavy atom. The summed E-state index contributed by atoms with van der Waals surface area (Å²) in [6.45, 7) is 3.52. The molecule has 2 aromatic carbocycles. The van der Waals surface area contributed by atoms with Crippen LogP contribution in [0.2, 0.25) is 0 Å². The maximum Gasteiger partial charge on any atom is 0.338 e. The molecule has 4 rings (SSSR count). The van der Waals surface area contributed by atoms with Gasteiger partial charge in [-0.2, -0.15) is 0 Å². The van der Waals surface area contributed by atoms with Crippen molar-refractivity contribution in [1.29, 1.82) is 0 Å². The van der Waals surface area contributed by atoms with E-state index in [1.807, 2.05) is 24.3 Å². The van der Waals surface area contributed by atoms with Crippen LogP contribution in [0.3, 0.4) is 0 Å². The standard InChI is InChI=1S/C25H24N4O5S/c1-14-13-20(28-34-14)26-23(30)21-15(2)29(18-11-7-8-12-19(18)32-3)25(35)27-22(21)16-9-5-6-10-17(16)24(31)33-4/h5-13,22H,1-4H3,(H,27,35)(H,26,28,30)/t22-/m0/s1. The zero-order chi connectivity index (χ0) is 25.1. The normalized spacial score (nSPS) is 15.5. The summed E-state index contributed by atoms with van der Waals surface area (Å²) in [6.07, 6.45) is 0. The highest BCUT2D eigenvalue weighted by Gasteiger charge is 2.37. The Hall–Kier alpha value is -4.18. The molecule has 0 spiro atoms. The van der Waals surface area contributed by atoms with E-state index in [-0.39, 0.29) is 5.82 Å². The molecule has 3 aromatic rings. The molecule has 0 fully saturated rings. The van der Waals surface area contributed by atoms with Gasteiger partial charge in [0.05, 0.1) is 37.1 Å². The van der Waals surface area contributed by atoms with Crippen LogP contribution in [0.1, 0.15) is 34.6 Å². The minimum atomic E-state index is -0.739. The molecule has 0 saturated heterocycles. The van der Waals surface area contributed by atoms with Crippen LogP contribution < -0.4 is 20.3 Å². The Morgan fingerprint density at radius 3 is 2.51 bits per heavy atom. The number of hydrogen-bond acceptors (Lipinski definition) is 7. The molecule has 0 unspecified atom stereocenters. The van der Waals surface area contributed by atoms with Gasteiger partial charge in [-0.05, 0) is 49.8 Å². The molecule has 1 atom stereocenters. The van der Waals surface area contributed by atoms with Gasteiger partial charge in [0.25, 0.3) is 5.91 Å². The van der Waals surface area contributed by atoms with Crippen molar-refractivity contribution < 1.29 is 23.6 Å². The highest BCUT2D eigenvalue weighted by atomic mass is 32.1. The Balaban J connectivity index is 1.89. The van der Waals surface area contributed by atoms with E-state index in [0.29, 0.717) is 44.7 Å². The van der Waals surface area contributed by atoms with Crippen LogP contribution in [0.25, 0.3) is 0 Å². The van der Waals surface area contributed by atoms with E-state index in [1.54, 1.807) is 56.2 Å². The molecule has 0 bridgehead atoms. The third-order valence-corrected chi connectivity index (χ3v) is 5.90. The number of anilines is 2. The number of rotatable bonds is 6. The van der Waals surface area contributed by atoms with Crippen LogP contribution >= 0.6 is 12.2 Å². The van der Waals surface area contributed by atoms with Crippen LogP contribution in [0, 0.1) is 6.92 Å². The minimum Gasteiger partial charge on any atom is -0.495 e. The average Bonchev–Trinajstić information content (AvgIpc) is 3.27. The second kappa shape index (κ2) is 9.98. The molecule has 0 saturated carbocycles. The lowest BCUT2D eigenvalue weighted by molar-refractivity contribution is -0.113. The zero-order valence-electron chi connectivity index (χ0n) is 19.6. The molecule has 0 aliphatic carbocycles. The summed E-state index contributed by atoms with van der Waals surface area (Å²) in [5.74, 6) is 0.443. The van der Waals surface area contributed by atoms with E-state index in [2.05, 4.69) is 15.8 Å². The highest BCUT2D eigenvalue weighted by Crippen LogP contribution is 2.38. The first-order valence-corrected chi connectivity index (χ1v) is 11.1. The zero-order valence-corrected chi connectivity index (χ0v) is 20.4. The molecular formula is C25H24N4O5S. The van der Waals surface area contributed by atoms with E-state index < -0.39 is 17.9 Å². The fraction of sp³-hybridized carbons (Fsp3) is 0.200. The topological polar surface area (TPSA) is 106 Å². The summed E-state index contributed by atoms with van der Waals surface area (Å²) < 4.78 is 15.6. The number of allylic oxidation sites excluding steroid dienone is 1. The lowest BCUT2D eigenvalue weighted by atomic mass is 9.90. The molecule has 1 aliphatic rings. The Morgan fingerprint density at radius 1 is 1.11 bits per heavy atom. The monoisotopic (exact) mass is 492 g/mol. The molecule has 10 heteroatoms. The smallest absolute Gasteiger partial charge is 0.338 e. The van der Waals surface area contributed by atoms with Gasteiger partial charge in [0.15, 0.2) is 10.9 Å². The van der Waals surface area contributed by atoms with Gasteiger partial charge in [-0.3, -0.25) is 9.69 Å². The molecule has 2 heterocycles. The highest BCUT2D eigenvalue weighted by molar-refractivity contribution is 7.80. The summed E-state index contributed by atoms with van der Waals surface area (Å²) in [5.41, 5.74) is 2.41. The van der Waals surface area contributed by atoms with Crippen molar-refractivity contribution in [2.24, 2.45) is 0 Å². The van der Waals surface area contributed by atoms with Crippen molar-refractivity contribution >= 4 is 40.7 Å². The quantitative estimate of drug-likeness (QED) is 0.388. The van der Waals surface area contributed by atoms with Crippen LogP contribution in [-0.4, -0.2) is 36.4 Å². The lowest BCUT2D eigenvalue weighted by Gasteiger charge is -2.38. The van der Waals surface area contributed by atoms with Crippen molar-refractivity contribution in [1.82, 2.24) is 10.5 Å². The number of nitrogens with zero attached hydrogens (tertiary/aromatic N) is 2. The number of carbonyl (C=O) groups is 2. The number of nitrogens with one attached hydrogen (secondary N) is 2. The SMILES string of the molecule is COC(=O)c1ccccc1[C@@H]1NC(=S)N(c2ccccc2OC)C(C)=C1C(=O)Nc1cc(C)on1. The number of hydrogen-bond donors (Lipinski definition) is 2. The number of aromatic nitrogens is 1. The van der Waals surface area contributed by atoms with Gasteiger partial charge in [-0.25, -0.2) is 4.79 Å². The summed E-state index contributed by atoms with van der Waals surface area (Å²) in [7, 11) is 2.87. The average molecular weight is 493 g/mol. The molecule has 9 nitrogen and oxygen atoms in total. The fourth-order valence-corrected chi connectivity index (χ4v) is 4.38. The maximum absolute atomic E-state index is 13.7. The summed E-state index contributed by atoms with van der Waals surface area (Å²) >= 11 is 5.73. The number of ether oxygens (including phenoxy) is 2. The van der Waals surface area contributed by atoms with Crippen LogP contribution in [0.4, 0.5) is 11.5 Å². The number of thiocarbonyl (C=S) groups is 1. The molecule has 0 radical (unpaired) electrons. The van der Waals surface area contributed by atoms with E-state index >= 15 is 0 Å². The minimum absolute atomic E-state index is 0.268. The Kier molecular flexibility index (Phi) is 6.83. The number of carbonyl (C=O) groups excluding carboxylic acids is 2. The number of methoxy groups -OCH3 is 2. The second-order valence-electron chi connectivity index (χ2n) is 7.74. The summed E-state index contributed by atoms with van der Waals surface area (Å²) in [5, 5.41) is 10.2. The van der Waals surface area contributed by atoms with Gasteiger partial charge < -0.3 is 24.6 Å². The molecule has 2 N–H and O–H groups in total. The van der Waals surface area contributed by atoms with Crippen molar-refractivity contribution in [2.75, 3.05) is 24.4 Å². The molecule has 1 aliphatic heterocycles. The van der Waals surface area contributed by atoms with Gasteiger partial charge in [0.1, 0.15) is 11.5 Å². The second-order valence-corrected chi connectivity index (χ2v) is 8.13. The summed E-state index contributed by atoms with van der Waals surface area (Å²) in [4.78, 5) is 27.9. The third kappa shape index (κ3) is 4.60. The number of amides is 1. The van der Waals surface area contributed by atoms with E-state index in [1.165, 1.54) is 7.11 Å². The van der Waals surface area contributed by atoms with Crippen LogP contribution in [0.5, 0.6) is 5.75 Å².